The fourth-order valence-corrected chi connectivity index (χ4v) is 3.33. The van der Waals surface area contributed by atoms with Crippen molar-refractivity contribution in [2.75, 3.05) is 0 Å². The largest absolute Gasteiger partial charge is 0.347 e. The summed E-state index contributed by atoms with van der Waals surface area (Å²) in [5.74, 6) is -0.359. The van der Waals surface area contributed by atoms with E-state index in [0.717, 1.165) is 16.7 Å². The van der Waals surface area contributed by atoms with Crippen molar-refractivity contribution in [1.29, 1.82) is 0 Å². The van der Waals surface area contributed by atoms with Crippen molar-refractivity contribution in [2.45, 2.75) is 19.5 Å². The molecule has 0 aliphatic carbocycles. The van der Waals surface area contributed by atoms with E-state index in [4.69, 9.17) is 0 Å². The molecule has 10 nitrogen and oxygen atoms in total. The quantitative estimate of drug-likeness (QED) is 0.362. The van der Waals surface area contributed by atoms with Gasteiger partial charge in [0.15, 0.2) is 0 Å². The van der Waals surface area contributed by atoms with Gasteiger partial charge in [0.1, 0.15) is 17.7 Å². The van der Waals surface area contributed by atoms with E-state index in [0.29, 0.717) is 5.82 Å². The first-order valence-corrected chi connectivity index (χ1v) is 10.4. The average Bonchev–Trinajstić information content (AvgIpc) is 3.42. The molecule has 0 aliphatic heterocycles. The molecule has 2 aromatic heterocycles. The smallest absolute Gasteiger partial charge is 0.282 e. The first kappa shape index (κ1) is 22.1. The number of tetrazole rings is 1. The Morgan fingerprint density at radius 1 is 1.06 bits per heavy atom. The molecule has 2 aromatic carbocycles. The van der Waals surface area contributed by atoms with E-state index in [2.05, 4.69) is 48.7 Å². The van der Waals surface area contributed by atoms with Crippen LogP contribution in [-0.4, -0.2) is 46.7 Å². The Balaban J connectivity index is 1.39. The zero-order chi connectivity index (χ0) is 23.2. The summed E-state index contributed by atoms with van der Waals surface area (Å²) in [7, 11) is 0. The molecule has 0 bridgehead atoms. The highest BCUT2D eigenvalue weighted by molar-refractivity contribution is 7.78. The van der Waals surface area contributed by atoms with Gasteiger partial charge < -0.3 is 5.32 Å². The lowest BCUT2D eigenvalue weighted by Gasteiger charge is -2.23. The normalized spacial score (nSPS) is 11.6. The van der Waals surface area contributed by atoms with Gasteiger partial charge in [-0.2, -0.15) is 5.21 Å². The number of hydrogen-bond acceptors (Lipinski definition) is 8. The Kier molecular flexibility index (Phi) is 6.69. The molecule has 0 fully saturated rings. The standard InChI is InChI=1S/C22H20N8O2S/c1-14(16-5-3-2-4-6-16)30(33)22(32)19-11-18(24-13-25-19)21(31)23-12-15-7-9-17(10-8-15)20-26-28-29-27-20/h2-11,13-14,33H,12H2,1H3,(H,23,31)(H,26,27,28,29)/t14-/m1/s1. The SMILES string of the molecule is C[C@H](c1ccccc1)N(S)C(=O)c1cc(C(=O)NCc2ccc(-c3nn[nH]n3)cc2)ncn1. The molecule has 1 atom stereocenters. The van der Waals surface area contributed by atoms with Crippen LogP contribution in [0.3, 0.4) is 0 Å². The summed E-state index contributed by atoms with van der Waals surface area (Å²) < 4.78 is 1.28. The highest BCUT2D eigenvalue weighted by Gasteiger charge is 2.22. The molecule has 2 N–H and O–H groups in total. The number of H-pyrrole nitrogens is 1. The second kappa shape index (κ2) is 10.0. The number of thiol groups is 1. The van der Waals surface area contributed by atoms with Crippen molar-refractivity contribution in [3.8, 4) is 11.4 Å². The third-order valence-electron chi connectivity index (χ3n) is 4.99. The Morgan fingerprint density at radius 3 is 2.48 bits per heavy atom. The number of carbonyl (C=O) groups excluding carboxylic acids is 2. The summed E-state index contributed by atoms with van der Waals surface area (Å²) in [6, 6.07) is 18.0. The van der Waals surface area contributed by atoms with Crippen molar-refractivity contribution in [2.24, 2.45) is 0 Å². The van der Waals surface area contributed by atoms with Gasteiger partial charge in [0.25, 0.3) is 11.8 Å². The third kappa shape index (κ3) is 5.21. The number of amides is 2. The van der Waals surface area contributed by atoms with Crippen LogP contribution in [0, 0.1) is 0 Å². The lowest BCUT2D eigenvalue weighted by atomic mass is 10.1. The number of aromatic nitrogens is 6. The van der Waals surface area contributed by atoms with E-state index >= 15 is 0 Å². The highest BCUT2D eigenvalue weighted by Crippen LogP contribution is 2.23. The molecule has 0 radical (unpaired) electrons. The number of rotatable bonds is 7. The molecule has 0 spiro atoms. The van der Waals surface area contributed by atoms with Crippen LogP contribution in [0.2, 0.25) is 0 Å². The van der Waals surface area contributed by atoms with Gasteiger partial charge in [-0.1, -0.05) is 67.4 Å². The summed E-state index contributed by atoms with van der Waals surface area (Å²) in [6.45, 7) is 2.14. The van der Waals surface area contributed by atoms with E-state index in [-0.39, 0.29) is 24.0 Å². The lowest BCUT2D eigenvalue weighted by molar-refractivity contribution is 0.0838. The van der Waals surface area contributed by atoms with E-state index in [1.165, 1.54) is 16.7 Å². The van der Waals surface area contributed by atoms with Crippen LogP contribution in [-0.2, 0) is 6.54 Å². The van der Waals surface area contributed by atoms with Crippen LogP contribution in [0.1, 0.15) is 45.1 Å². The summed E-state index contributed by atoms with van der Waals surface area (Å²) in [6.07, 6.45) is 1.19. The third-order valence-corrected chi connectivity index (χ3v) is 5.51. The van der Waals surface area contributed by atoms with Gasteiger partial charge in [0, 0.05) is 18.2 Å². The molecule has 4 aromatic rings. The molecular weight excluding hydrogens is 440 g/mol. The highest BCUT2D eigenvalue weighted by atomic mass is 32.1. The maximum atomic E-state index is 12.9. The number of nitrogens with one attached hydrogen (secondary N) is 2. The van der Waals surface area contributed by atoms with Gasteiger partial charge in [-0.3, -0.25) is 13.9 Å². The summed E-state index contributed by atoms with van der Waals surface area (Å²) >= 11 is 4.36. The Labute approximate surface area is 195 Å². The van der Waals surface area contributed by atoms with E-state index in [1.807, 2.05) is 61.5 Å². The minimum absolute atomic E-state index is 0.0809. The number of aromatic amines is 1. The molecule has 11 heteroatoms. The minimum Gasteiger partial charge on any atom is -0.347 e. The fourth-order valence-electron chi connectivity index (χ4n) is 3.09. The topological polar surface area (TPSA) is 130 Å². The predicted molar refractivity (Wildman–Crippen MR) is 123 cm³/mol. The van der Waals surface area contributed by atoms with Crippen LogP contribution in [0.25, 0.3) is 11.4 Å². The minimum atomic E-state index is -0.428. The molecule has 0 aliphatic rings. The number of carbonyl (C=O) groups is 2. The average molecular weight is 461 g/mol. The molecule has 2 heterocycles. The zero-order valence-electron chi connectivity index (χ0n) is 17.6. The summed E-state index contributed by atoms with van der Waals surface area (Å²) in [5.41, 5.74) is 2.78. The number of benzene rings is 2. The molecule has 0 saturated carbocycles. The molecule has 33 heavy (non-hydrogen) atoms. The Bertz CT molecular complexity index is 1230. The van der Waals surface area contributed by atoms with Gasteiger partial charge in [-0.05, 0) is 23.3 Å². The second-order valence-corrected chi connectivity index (χ2v) is 7.57. The van der Waals surface area contributed by atoms with Crippen molar-refractivity contribution in [3.05, 3.63) is 89.5 Å². The molecular formula is C22H20N8O2S. The van der Waals surface area contributed by atoms with Crippen LogP contribution >= 0.6 is 12.8 Å². The van der Waals surface area contributed by atoms with Gasteiger partial charge in [0.05, 0.1) is 6.04 Å². The Morgan fingerprint density at radius 2 is 1.79 bits per heavy atom. The molecule has 2 amide bonds. The monoisotopic (exact) mass is 460 g/mol. The predicted octanol–water partition coefficient (Wildman–Crippen LogP) is 2.63. The maximum Gasteiger partial charge on any atom is 0.282 e. The summed E-state index contributed by atoms with van der Waals surface area (Å²) in [5, 5.41) is 16.6. The first-order valence-electron chi connectivity index (χ1n) is 10.0. The van der Waals surface area contributed by atoms with Crippen LogP contribution < -0.4 is 5.32 Å². The van der Waals surface area contributed by atoms with Crippen molar-refractivity contribution in [3.63, 3.8) is 0 Å². The molecule has 166 valence electrons. The molecule has 0 saturated heterocycles. The van der Waals surface area contributed by atoms with Crippen molar-refractivity contribution >= 4 is 24.6 Å². The fraction of sp³-hybridized carbons (Fsp3) is 0.136. The van der Waals surface area contributed by atoms with Crippen LogP contribution in [0.15, 0.2) is 67.0 Å². The molecule has 0 unspecified atom stereocenters. The number of nitrogens with zero attached hydrogens (tertiary/aromatic N) is 6. The van der Waals surface area contributed by atoms with Crippen LogP contribution in [0.4, 0.5) is 0 Å². The van der Waals surface area contributed by atoms with E-state index < -0.39 is 11.8 Å². The maximum absolute atomic E-state index is 12.9. The van der Waals surface area contributed by atoms with Gasteiger partial charge in [0.2, 0.25) is 5.82 Å². The molecule has 4 rings (SSSR count). The summed E-state index contributed by atoms with van der Waals surface area (Å²) in [4.78, 5) is 33.5. The van der Waals surface area contributed by atoms with Crippen LogP contribution in [0.5, 0.6) is 0 Å². The lowest BCUT2D eigenvalue weighted by Crippen LogP contribution is -2.28. The van der Waals surface area contributed by atoms with Crippen molar-refractivity contribution in [1.82, 2.24) is 40.2 Å². The zero-order valence-corrected chi connectivity index (χ0v) is 18.5. The van der Waals surface area contributed by atoms with Gasteiger partial charge in [-0.25, -0.2) is 9.97 Å². The van der Waals surface area contributed by atoms with E-state index in [1.54, 1.807) is 0 Å². The Hall–Kier alpha value is -4.12. The second-order valence-electron chi connectivity index (χ2n) is 7.14. The first-order chi connectivity index (χ1) is 16.0. The van der Waals surface area contributed by atoms with Gasteiger partial charge in [-0.15, -0.1) is 10.2 Å². The number of hydrogen-bond donors (Lipinski definition) is 3. The van der Waals surface area contributed by atoms with Crippen molar-refractivity contribution < 1.29 is 9.59 Å². The van der Waals surface area contributed by atoms with E-state index in [9.17, 15) is 9.59 Å². The van der Waals surface area contributed by atoms with Gasteiger partial charge >= 0.3 is 0 Å².